The first-order valence-electron chi connectivity index (χ1n) is 6.82. The summed E-state index contributed by atoms with van der Waals surface area (Å²) in [6.07, 6.45) is 0. The number of thiazole rings is 1. The summed E-state index contributed by atoms with van der Waals surface area (Å²) in [5, 5.41) is 4.68. The van der Waals surface area contributed by atoms with Crippen LogP contribution in [0.5, 0.6) is 0 Å². The molecule has 3 rings (SSSR count). The second-order valence-electron chi connectivity index (χ2n) is 4.98. The van der Waals surface area contributed by atoms with E-state index in [0.29, 0.717) is 5.01 Å². The number of carbonyl (C=O) groups excluding carboxylic acids is 1. The summed E-state index contributed by atoms with van der Waals surface area (Å²) in [5.74, 6) is -1.32. The van der Waals surface area contributed by atoms with E-state index in [1.807, 2.05) is 0 Å². The fourth-order valence-corrected chi connectivity index (χ4v) is 2.82. The molecule has 2 aromatic carbocycles. The van der Waals surface area contributed by atoms with Gasteiger partial charge in [0.2, 0.25) is 0 Å². The van der Waals surface area contributed by atoms with E-state index in [-0.39, 0.29) is 17.2 Å². The van der Waals surface area contributed by atoms with Gasteiger partial charge in [-0.05, 0) is 48.9 Å². The van der Waals surface area contributed by atoms with Gasteiger partial charge in [0, 0.05) is 10.9 Å². The molecule has 23 heavy (non-hydrogen) atoms. The Labute approximate surface area is 135 Å². The second-order valence-corrected chi connectivity index (χ2v) is 5.84. The van der Waals surface area contributed by atoms with Crippen molar-refractivity contribution < 1.29 is 13.6 Å². The third-order valence-electron chi connectivity index (χ3n) is 3.20. The first-order chi connectivity index (χ1) is 11.0. The van der Waals surface area contributed by atoms with Gasteiger partial charge in [-0.2, -0.15) is 0 Å². The SMILES string of the molecule is Cc1ccc(NC(=O)c2csc(-c3ccc(F)cc3)n2)c(F)c1. The zero-order valence-corrected chi connectivity index (χ0v) is 13.0. The van der Waals surface area contributed by atoms with Crippen molar-refractivity contribution in [3.8, 4) is 10.6 Å². The minimum absolute atomic E-state index is 0.108. The maximum absolute atomic E-state index is 13.8. The number of halogens is 2. The summed E-state index contributed by atoms with van der Waals surface area (Å²) >= 11 is 1.27. The van der Waals surface area contributed by atoms with Gasteiger partial charge in [0.1, 0.15) is 22.3 Å². The fourth-order valence-electron chi connectivity index (χ4n) is 2.01. The number of anilines is 1. The molecule has 0 atom stereocenters. The number of nitrogens with zero attached hydrogens (tertiary/aromatic N) is 1. The van der Waals surface area contributed by atoms with E-state index in [0.717, 1.165) is 11.1 Å². The van der Waals surface area contributed by atoms with Crippen LogP contribution in [0.15, 0.2) is 47.8 Å². The third kappa shape index (κ3) is 3.43. The number of amides is 1. The van der Waals surface area contributed by atoms with Crippen molar-refractivity contribution in [2.24, 2.45) is 0 Å². The predicted octanol–water partition coefficient (Wildman–Crippen LogP) is 4.65. The Morgan fingerprint density at radius 3 is 2.57 bits per heavy atom. The summed E-state index contributed by atoms with van der Waals surface area (Å²) in [5.41, 5.74) is 1.79. The van der Waals surface area contributed by atoms with Crippen LogP contribution in [0, 0.1) is 18.6 Å². The van der Waals surface area contributed by atoms with Crippen LogP contribution in [0.3, 0.4) is 0 Å². The molecule has 3 nitrogen and oxygen atoms in total. The first kappa shape index (κ1) is 15.3. The monoisotopic (exact) mass is 330 g/mol. The lowest BCUT2D eigenvalue weighted by Crippen LogP contribution is -2.13. The summed E-state index contributed by atoms with van der Waals surface area (Å²) < 4.78 is 26.7. The number of benzene rings is 2. The molecular formula is C17H12F2N2OS. The highest BCUT2D eigenvalue weighted by atomic mass is 32.1. The molecule has 0 bridgehead atoms. The molecule has 0 saturated heterocycles. The lowest BCUT2D eigenvalue weighted by Gasteiger charge is -2.05. The van der Waals surface area contributed by atoms with E-state index in [1.165, 1.54) is 35.6 Å². The highest BCUT2D eigenvalue weighted by molar-refractivity contribution is 7.13. The Balaban J connectivity index is 1.79. The summed E-state index contributed by atoms with van der Waals surface area (Å²) in [7, 11) is 0. The van der Waals surface area contributed by atoms with Crippen molar-refractivity contribution in [2.45, 2.75) is 6.92 Å². The van der Waals surface area contributed by atoms with Crippen molar-refractivity contribution >= 4 is 22.9 Å². The zero-order chi connectivity index (χ0) is 16.4. The highest BCUT2D eigenvalue weighted by Crippen LogP contribution is 2.24. The van der Waals surface area contributed by atoms with Crippen molar-refractivity contribution in [3.63, 3.8) is 0 Å². The average molecular weight is 330 g/mol. The Hall–Kier alpha value is -2.60. The van der Waals surface area contributed by atoms with Crippen LogP contribution >= 0.6 is 11.3 Å². The van der Waals surface area contributed by atoms with E-state index in [4.69, 9.17) is 0 Å². The normalized spacial score (nSPS) is 10.6. The largest absolute Gasteiger partial charge is 0.318 e. The molecule has 6 heteroatoms. The molecule has 1 amide bonds. The Bertz CT molecular complexity index is 859. The molecule has 0 aliphatic carbocycles. The molecule has 1 N–H and O–H groups in total. The van der Waals surface area contributed by atoms with E-state index >= 15 is 0 Å². The van der Waals surface area contributed by atoms with Gasteiger partial charge in [0.15, 0.2) is 0 Å². The van der Waals surface area contributed by atoms with Gasteiger partial charge in [0.25, 0.3) is 5.91 Å². The minimum Gasteiger partial charge on any atom is -0.318 e. The molecular weight excluding hydrogens is 318 g/mol. The van der Waals surface area contributed by atoms with Crippen LogP contribution in [0.2, 0.25) is 0 Å². The van der Waals surface area contributed by atoms with E-state index in [1.54, 1.807) is 30.5 Å². The number of carbonyl (C=O) groups is 1. The maximum Gasteiger partial charge on any atom is 0.275 e. The molecule has 0 radical (unpaired) electrons. The minimum atomic E-state index is -0.493. The molecule has 1 aromatic heterocycles. The van der Waals surface area contributed by atoms with Gasteiger partial charge in [-0.1, -0.05) is 6.07 Å². The number of aromatic nitrogens is 1. The van der Waals surface area contributed by atoms with Gasteiger partial charge >= 0.3 is 0 Å². The van der Waals surface area contributed by atoms with Gasteiger partial charge in [0.05, 0.1) is 5.69 Å². The summed E-state index contributed by atoms with van der Waals surface area (Å²) in [4.78, 5) is 16.4. The van der Waals surface area contributed by atoms with Crippen molar-refractivity contribution in [3.05, 3.63) is 70.7 Å². The van der Waals surface area contributed by atoms with E-state index in [2.05, 4.69) is 10.3 Å². The van der Waals surface area contributed by atoms with Crippen molar-refractivity contribution in [1.82, 2.24) is 4.98 Å². The topological polar surface area (TPSA) is 42.0 Å². The number of hydrogen-bond acceptors (Lipinski definition) is 3. The Morgan fingerprint density at radius 1 is 1.13 bits per heavy atom. The molecule has 0 spiro atoms. The number of hydrogen-bond donors (Lipinski definition) is 1. The molecule has 116 valence electrons. The molecule has 0 aliphatic heterocycles. The van der Waals surface area contributed by atoms with Crippen LogP contribution in [0.1, 0.15) is 16.1 Å². The van der Waals surface area contributed by atoms with Crippen LogP contribution in [0.25, 0.3) is 10.6 Å². The molecule has 1 heterocycles. The van der Waals surface area contributed by atoms with Crippen LogP contribution in [-0.4, -0.2) is 10.9 Å². The van der Waals surface area contributed by atoms with Crippen LogP contribution in [-0.2, 0) is 0 Å². The third-order valence-corrected chi connectivity index (χ3v) is 4.09. The van der Waals surface area contributed by atoms with E-state index < -0.39 is 11.7 Å². The first-order valence-corrected chi connectivity index (χ1v) is 7.70. The summed E-state index contributed by atoms with van der Waals surface area (Å²) in [6, 6.07) is 10.4. The average Bonchev–Trinajstić information content (AvgIpc) is 3.01. The number of rotatable bonds is 3. The van der Waals surface area contributed by atoms with Gasteiger partial charge in [-0.15, -0.1) is 11.3 Å². The van der Waals surface area contributed by atoms with Gasteiger partial charge in [-0.25, -0.2) is 13.8 Å². The number of nitrogens with one attached hydrogen (secondary N) is 1. The van der Waals surface area contributed by atoms with Crippen molar-refractivity contribution in [1.29, 1.82) is 0 Å². The van der Waals surface area contributed by atoms with Gasteiger partial charge < -0.3 is 5.32 Å². The van der Waals surface area contributed by atoms with E-state index in [9.17, 15) is 13.6 Å². The zero-order valence-electron chi connectivity index (χ0n) is 12.1. The lowest BCUT2D eigenvalue weighted by atomic mass is 10.2. The molecule has 0 aliphatic rings. The smallest absolute Gasteiger partial charge is 0.275 e. The molecule has 0 fully saturated rings. The fraction of sp³-hybridized carbons (Fsp3) is 0.0588. The standard InChI is InChI=1S/C17H12F2N2OS/c1-10-2-7-14(13(19)8-10)20-16(22)15-9-23-17(21-15)11-3-5-12(18)6-4-11/h2-9H,1H3,(H,20,22). The van der Waals surface area contributed by atoms with Crippen LogP contribution in [0.4, 0.5) is 14.5 Å². The van der Waals surface area contributed by atoms with Crippen molar-refractivity contribution in [2.75, 3.05) is 5.32 Å². The van der Waals surface area contributed by atoms with Crippen LogP contribution < -0.4 is 5.32 Å². The lowest BCUT2D eigenvalue weighted by molar-refractivity contribution is 0.102. The maximum atomic E-state index is 13.8. The molecule has 3 aromatic rings. The predicted molar refractivity (Wildman–Crippen MR) is 86.6 cm³/mol. The molecule has 0 saturated carbocycles. The second kappa shape index (κ2) is 6.26. The Morgan fingerprint density at radius 2 is 1.87 bits per heavy atom. The number of aryl methyl sites for hydroxylation is 1. The quantitative estimate of drug-likeness (QED) is 0.759. The highest BCUT2D eigenvalue weighted by Gasteiger charge is 2.14. The summed E-state index contributed by atoms with van der Waals surface area (Å²) in [6.45, 7) is 1.77. The Kier molecular flexibility index (Phi) is 4.16. The van der Waals surface area contributed by atoms with Gasteiger partial charge in [-0.3, -0.25) is 4.79 Å². The molecule has 0 unspecified atom stereocenters.